The van der Waals surface area contributed by atoms with Crippen molar-refractivity contribution < 1.29 is 9.53 Å². The van der Waals surface area contributed by atoms with E-state index in [4.69, 9.17) is 16.3 Å². The number of nitrogens with one attached hydrogen (secondary N) is 1. The lowest BCUT2D eigenvalue weighted by Gasteiger charge is -2.23. The maximum Gasteiger partial charge on any atom is 0.142 e. The summed E-state index contributed by atoms with van der Waals surface area (Å²) in [6.45, 7) is 0.683. The van der Waals surface area contributed by atoms with Gasteiger partial charge < -0.3 is 14.8 Å². The van der Waals surface area contributed by atoms with Crippen LogP contribution in [0.25, 0.3) is 0 Å². The Hall–Kier alpha value is -1.22. The number of carbonyl (C=O) groups is 1. The van der Waals surface area contributed by atoms with E-state index in [9.17, 15) is 4.79 Å². The molecule has 0 saturated carbocycles. The van der Waals surface area contributed by atoms with Gasteiger partial charge >= 0.3 is 0 Å². The predicted molar refractivity (Wildman–Crippen MR) is 73.7 cm³/mol. The van der Waals surface area contributed by atoms with Crippen LogP contribution in [0.3, 0.4) is 0 Å². The summed E-state index contributed by atoms with van der Waals surface area (Å²) >= 11 is 5.61. The first-order valence-corrected chi connectivity index (χ1v) is 6.90. The van der Waals surface area contributed by atoms with E-state index in [1.165, 1.54) is 5.56 Å². The van der Waals surface area contributed by atoms with E-state index >= 15 is 0 Å². The Morgan fingerprint density at radius 2 is 2.33 bits per heavy atom. The zero-order valence-electron chi connectivity index (χ0n) is 10.3. The molecule has 1 aliphatic rings. The van der Waals surface area contributed by atoms with Crippen LogP contribution in [0, 0.1) is 0 Å². The molecule has 1 unspecified atom stereocenters. The number of ether oxygens (including phenoxy) is 1. The fourth-order valence-electron chi connectivity index (χ4n) is 2.07. The maximum absolute atomic E-state index is 10.8. The number of benzene rings is 1. The Bertz CT molecular complexity index is 409. The van der Waals surface area contributed by atoms with Gasteiger partial charge in [0.05, 0.1) is 12.6 Å². The zero-order chi connectivity index (χ0) is 12.8. The molecule has 0 spiro atoms. The minimum atomic E-state index is -0.0657. The van der Waals surface area contributed by atoms with E-state index in [1.54, 1.807) is 0 Å². The van der Waals surface area contributed by atoms with Crippen molar-refractivity contribution >= 4 is 23.6 Å². The first-order valence-electron chi connectivity index (χ1n) is 6.37. The number of unbranched alkanes of at least 4 members (excludes halogenated alkanes) is 1. The third-order valence-corrected chi connectivity index (χ3v) is 3.38. The molecule has 98 valence electrons. The van der Waals surface area contributed by atoms with Gasteiger partial charge in [-0.3, -0.25) is 0 Å². The van der Waals surface area contributed by atoms with Crippen molar-refractivity contribution in [2.45, 2.75) is 31.7 Å². The summed E-state index contributed by atoms with van der Waals surface area (Å²) in [5.41, 5.74) is 2.27. The lowest BCUT2D eigenvalue weighted by atomic mass is 9.99. The number of carbonyl (C=O) groups excluding carboxylic acids is 1. The fraction of sp³-hybridized carbons (Fsp3) is 0.500. The van der Waals surface area contributed by atoms with Crippen LogP contribution in [-0.4, -0.2) is 24.8 Å². The van der Waals surface area contributed by atoms with Gasteiger partial charge in [0.25, 0.3) is 0 Å². The maximum atomic E-state index is 10.8. The molecule has 0 amide bonds. The summed E-state index contributed by atoms with van der Waals surface area (Å²) < 4.78 is 5.66. The van der Waals surface area contributed by atoms with E-state index in [0.29, 0.717) is 12.5 Å². The standard InChI is InChI=1S/C14H18ClNO2/c15-7-1-2-8-18-13-6-4-11-3-5-12(10-17)16-14(11)9-13/h4,6,9-10,12,16H,1-3,5,7-8H2. The first kappa shape index (κ1) is 13.2. The molecule has 4 heteroatoms. The summed E-state index contributed by atoms with van der Waals surface area (Å²) in [4.78, 5) is 10.8. The Kier molecular flexibility index (Phi) is 4.88. The minimum absolute atomic E-state index is 0.0657. The molecule has 0 aliphatic carbocycles. The van der Waals surface area contributed by atoms with E-state index in [2.05, 4.69) is 11.4 Å². The highest BCUT2D eigenvalue weighted by Gasteiger charge is 2.17. The average molecular weight is 268 g/mol. The molecular weight excluding hydrogens is 250 g/mol. The normalized spacial score (nSPS) is 17.7. The summed E-state index contributed by atoms with van der Waals surface area (Å²) in [5.74, 6) is 1.53. The fourth-order valence-corrected chi connectivity index (χ4v) is 2.26. The number of hydrogen-bond acceptors (Lipinski definition) is 3. The third kappa shape index (κ3) is 3.39. The van der Waals surface area contributed by atoms with Crippen molar-refractivity contribution in [3.05, 3.63) is 23.8 Å². The number of aryl methyl sites for hydroxylation is 1. The van der Waals surface area contributed by atoms with Crippen molar-refractivity contribution in [1.82, 2.24) is 0 Å². The highest BCUT2D eigenvalue weighted by molar-refractivity contribution is 6.17. The SMILES string of the molecule is O=CC1CCc2ccc(OCCCCCl)cc2N1. The summed E-state index contributed by atoms with van der Waals surface area (Å²) in [6.07, 6.45) is 4.71. The second kappa shape index (κ2) is 6.64. The van der Waals surface area contributed by atoms with Gasteiger partial charge in [-0.2, -0.15) is 0 Å². The van der Waals surface area contributed by atoms with Crippen LogP contribution < -0.4 is 10.1 Å². The molecule has 1 N–H and O–H groups in total. The Balaban J connectivity index is 1.95. The van der Waals surface area contributed by atoms with Crippen molar-refractivity contribution in [2.75, 3.05) is 17.8 Å². The summed E-state index contributed by atoms with van der Waals surface area (Å²) in [5, 5.41) is 3.22. The van der Waals surface area contributed by atoms with E-state index in [1.807, 2.05) is 12.1 Å². The van der Waals surface area contributed by atoms with Crippen LogP contribution >= 0.6 is 11.6 Å². The summed E-state index contributed by atoms with van der Waals surface area (Å²) in [7, 11) is 0. The quantitative estimate of drug-likeness (QED) is 0.489. The molecule has 0 bridgehead atoms. The Labute approximate surface area is 112 Å². The van der Waals surface area contributed by atoms with Gasteiger partial charge in [0, 0.05) is 17.6 Å². The first-order chi connectivity index (χ1) is 8.83. The molecule has 1 heterocycles. The van der Waals surface area contributed by atoms with Crippen molar-refractivity contribution in [3.63, 3.8) is 0 Å². The van der Waals surface area contributed by atoms with Crippen LogP contribution in [-0.2, 0) is 11.2 Å². The number of rotatable bonds is 6. The minimum Gasteiger partial charge on any atom is -0.494 e. The van der Waals surface area contributed by atoms with E-state index < -0.39 is 0 Å². The second-order valence-electron chi connectivity index (χ2n) is 4.49. The lowest BCUT2D eigenvalue weighted by molar-refractivity contribution is -0.108. The molecule has 1 aliphatic heterocycles. The highest BCUT2D eigenvalue weighted by atomic mass is 35.5. The smallest absolute Gasteiger partial charge is 0.142 e. The molecule has 2 rings (SSSR count). The molecule has 0 saturated heterocycles. The van der Waals surface area contributed by atoms with Gasteiger partial charge in [0.2, 0.25) is 0 Å². The van der Waals surface area contributed by atoms with Gasteiger partial charge in [-0.1, -0.05) is 6.07 Å². The summed E-state index contributed by atoms with van der Waals surface area (Å²) in [6, 6.07) is 5.97. The van der Waals surface area contributed by atoms with Crippen LogP contribution in [0.5, 0.6) is 5.75 Å². The van der Waals surface area contributed by atoms with Gasteiger partial charge in [-0.15, -0.1) is 11.6 Å². The largest absolute Gasteiger partial charge is 0.494 e. The molecule has 1 atom stereocenters. The molecule has 0 fully saturated rings. The van der Waals surface area contributed by atoms with E-state index in [-0.39, 0.29) is 6.04 Å². The molecule has 0 radical (unpaired) electrons. The second-order valence-corrected chi connectivity index (χ2v) is 4.87. The van der Waals surface area contributed by atoms with Gasteiger partial charge in [-0.25, -0.2) is 0 Å². The third-order valence-electron chi connectivity index (χ3n) is 3.11. The average Bonchev–Trinajstić information content (AvgIpc) is 2.42. The lowest BCUT2D eigenvalue weighted by Crippen LogP contribution is -2.26. The number of alkyl halides is 1. The number of hydrogen-bond donors (Lipinski definition) is 1. The molecule has 1 aromatic rings. The molecule has 1 aromatic carbocycles. The van der Waals surface area contributed by atoms with Gasteiger partial charge in [0.15, 0.2) is 0 Å². The monoisotopic (exact) mass is 267 g/mol. The highest BCUT2D eigenvalue weighted by Crippen LogP contribution is 2.28. The number of anilines is 1. The van der Waals surface area contributed by atoms with Crippen molar-refractivity contribution in [2.24, 2.45) is 0 Å². The zero-order valence-corrected chi connectivity index (χ0v) is 11.1. The molecular formula is C14H18ClNO2. The van der Waals surface area contributed by atoms with Crippen molar-refractivity contribution in [1.29, 1.82) is 0 Å². The topological polar surface area (TPSA) is 38.3 Å². The van der Waals surface area contributed by atoms with Crippen LogP contribution in [0.1, 0.15) is 24.8 Å². The van der Waals surface area contributed by atoms with Gasteiger partial charge in [0.1, 0.15) is 12.0 Å². The number of halogens is 1. The van der Waals surface area contributed by atoms with E-state index in [0.717, 1.165) is 43.4 Å². The van der Waals surface area contributed by atoms with Crippen LogP contribution in [0.2, 0.25) is 0 Å². The number of fused-ring (bicyclic) bond motifs is 1. The molecule has 0 aromatic heterocycles. The molecule has 18 heavy (non-hydrogen) atoms. The van der Waals surface area contributed by atoms with Crippen molar-refractivity contribution in [3.8, 4) is 5.75 Å². The van der Waals surface area contributed by atoms with Crippen LogP contribution in [0.4, 0.5) is 5.69 Å². The Morgan fingerprint density at radius 1 is 1.44 bits per heavy atom. The van der Waals surface area contributed by atoms with Gasteiger partial charge in [-0.05, 0) is 37.3 Å². The van der Waals surface area contributed by atoms with Crippen LogP contribution in [0.15, 0.2) is 18.2 Å². The molecule has 3 nitrogen and oxygen atoms in total. The predicted octanol–water partition coefficient (Wildman–Crippen LogP) is 3.01. The Morgan fingerprint density at radius 3 is 3.11 bits per heavy atom. The number of aldehydes is 1.